The first kappa shape index (κ1) is 12.6. The maximum absolute atomic E-state index is 5.45. The van der Waals surface area contributed by atoms with Crippen LogP contribution < -0.4 is 0 Å². The summed E-state index contributed by atoms with van der Waals surface area (Å²) in [7, 11) is 0. The Bertz CT molecular complexity index is 801. The van der Waals surface area contributed by atoms with E-state index in [4.69, 9.17) is 12.2 Å². The highest BCUT2D eigenvalue weighted by atomic mass is 79.9. The molecule has 3 aromatic rings. The van der Waals surface area contributed by atoms with E-state index in [1.165, 1.54) is 5.56 Å². The second kappa shape index (κ2) is 4.94. The molecule has 4 heteroatoms. The molecule has 0 aliphatic heterocycles. The van der Waals surface area contributed by atoms with Crippen molar-refractivity contribution in [2.75, 3.05) is 0 Å². The number of nitrogens with zero attached hydrogens (tertiary/aromatic N) is 1. The third-order valence-electron chi connectivity index (χ3n) is 3.22. The van der Waals surface area contributed by atoms with E-state index in [1.807, 2.05) is 12.1 Å². The summed E-state index contributed by atoms with van der Waals surface area (Å²) in [6, 6.07) is 14.6. The van der Waals surface area contributed by atoms with Crippen LogP contribution in [0, 0.1) is 4.77 Å². The summed E-state index contributed by atoms with van der Waals surface area (Å²) < 4.78 is 3.85. The molecule has 2 nitrogen and oxygen atoms in total. The Morgan fingerprint density at radius 2 is 2.05 bits per heavy atom. The van der Waals surface area contributed by atoms with Crippen molar-refractivity contribution in [2.45, 2.75) is 13.3 Å². The van der Waals surface area contributed by atoms with Gasteiger partial charge in [0.15, 0.2) is 4.77 Å². The van der Waals surface area contributed by atoms with Crippen LogP contribution in [0.25, 0.3) is 16.7 Å². The molecule has 0 atom stereocenters. The first-order valence-corrected chi connectivity index (χ1v) is 7.39. The maximum Gasteiger partial charge on any atom is 0.182 e. The van der Waals surface area contributed by atoms with Gasteiger partial charge < -0.3 is 4.98 Å². The number of imidazole rings is 1. The van der Waals surface area contributed by atoms with Gasteiger partial charge in [-0.15, -0.1) is 0 Å². The molecule has 0 bridgehead atoms. The van der Waals surface area contributed by atoms with Crippen LogP contribution in [0.4, 0.5) is 0 Å². The van der Waals surface area contributed by atoms with E-state index in [0.29, 0.717) is 0 Å². The Morgan fingerprint density at radius 1 is 1.21 bits per heavy atom. The van der Waals surface area contributed by atoms with Crippen molar-refractivity contribution in [1.29, 1.82) is 0 Å². The van der Waals surface area contributed by atoms with E-state index >= 15 is 0 Å². The predicted molar refractivity (Wildman–Crippen MR) is 85.5 cm³/mol. The Labute approximate surface area is 125 Å². The summed E-state index contributed by atoms with van der Waals surface area (Å²) in [6.45, 7) is 2.16. The molecular formula is C15H13BrN2S. The molecule has 19 heavy (non-hydrogen) atoms. The lowest BCUT2D eigenvalue weighted by Crippen LogP contribution is -1.95. The molecule has 1 N–H and O–H groups in total. The van der Waals surface area contributed by atoms with E-state index in [2.05, 4.69) is 62.7 Å². The fourth-order valence-corrected chi connectivity index (χ4v) is 2.93. The molecule has 0 saturated heterocycles. The first-order valence-electron chi connectivity index (χ1n) is 6.18. The molecule has 0 aliphatic carbocycles. The van der Waals surface area contributed by atoms with Gasteiger partial charge in [-0.05, 0) is 54.5 Å². The van der Waals surface area contributed by atoms with E-state index < -0.39 is 0 Å². The molecule has 1 aromatic heterocycles. The molecule has 0 fully saturated rings. The average Bonchev–Trinajstić information content (AvgIpc) is 2.73. The van der Waals surface area contributed by atoms with Crippen LogP contribution in [0.15, 0.2) is 46.9 Å². The van der Waals surface area contributed by atoms with Gasteiger partial charge in [-0.1, -0.05) is 35.0 Å². The summed E-state index contributed by atoms with van der Waals surface area (Å²) in [6.07, 6.45) is 1.02. The Morgan fingerprint density at radius 3 is 2.84 bits per heavy atom. The number of rotatable bonds is 2. The number of aromatic amines is 1. The van der Waals surface area contributed by atoms with Gasteiger partial charge in [0.1, 0.15) is 0 Å². The molecule has 0 aliphatic rings. The monoisotopic (exact) mass is 332 g/mol. The minimum absolute atomic E-state index is 0.723. The summed E-state index contributed by atoms with van der Waals surface area (Å²) >= 11 is 8.93. The van der Waals surface area contributed by atoms with Crippen molar-refractivity contribution < 1.29 is 0 Å². The van der Waals surface area contributed by atoms with Crippen molar-refractivity contribution in [1.82, 2.24) is 9.55 Å². The minimum atomic E-state index is 0.723. The highest BCUT2D eigenvalue weighted by molar-refractivity contribution is 9.10. The van der Waals surface area contributed by atoms with E-state index in [9.17, 15) is 0 Å². The summed E-state index contributed by atoms with van der Waals surface area (Å²) in [5.74, 6) is 0. The number of fused-ring (bicyclic) bond motifs is 1. The predicted octanol–water partition coefficient (Wildman–Crippen LogP) is 5.01. The molecule has 0 radical (unpaired) electrons. The second-order valence-corrected chi connectivity index (χ2v) is 5.75. The molecular weight excluding hydrogens is 320 g/mol. The van der Waals surface area contributed by atoms with Crippen molar-refractivity contribution in [3.8, 4) is 5.69 Å². The second-order valence-electron chi connectivity index (χ2n) is 4.45. The van der Waals surface area contributed by atoms with E-state index in [1.54, 1.807) is 0 Å². The average molecular weight is 333 g/mol. The molecule has 3 rings (SSSR count). The van der Waals surface area contributed by atoms with Crippen molar-refractivity contribution in [2.24, 2.45) is 0 Å². The van der Waals surface area contributed by atoms with Crippen LogP contribution in [0.3, 0.4) is 0 Å². The van der Waals surface area contributed by atoms with E-state index in [0.717, 1.165) is 32.4 Å². The number of hydrogen-bond donors (Lipinski definition) is 1. The number of H-pyrrole nitrogens is 1. The number of benzene rings is 2. The third-order valence-corrected chi connectivity index (χ3v) is 4.00. The molecule has 0 amide bonds. The zero-order chi connectivity index (χ0) is 13.4. The molecule has 2 aromatic carbocycles. The molecule has 1 heterocycles. The van der Waals surface area contributed by atoms with Crippen LogP contribution in [-0.4, -0.2) is 9.55 Å². The normalized spacial score (nSPS) is 11.1. The van der Waals surface area contributed by atoms with Gasteiger partial charge in [0.05, 0.1) is 11.0 Å². The lowest BCUT2D eigenvalue weighted by molar-refractivity contribution is 1.05. The van der Waals surface area contributed by atoms with Crippen LogP contribution >= 0.6 is 28.1 Å². The van der Waals surface area contributed by atoms with Crippen LogP contribution in [-0.2, 0) is 6.42 Å². The number of halogens is 1. The van der Waals surface area contributed by atoms with Gasteiger partial charge in [-0.2, -0.15) is 0 Å². The zero-order valence-corrected chi connectivity index (χ0v) is 12.9. The lowest BCUT2D eigenvalue weighted by atomic mass is 10.1. The van der Waals surface area contributed by atoms with Crippen LogP contribution in [0.2, 0.25) is 0 Å². The highest BCUT2D eigenvalue weighted by Gasteiger charge is 2.07. The smallest absolute Gasteiger partial charge is 0.182 e. The highest BCUT2D eigenvalue weighted by Crippen LogP contribution is 2.23. The summed E-state index contributed by atoms with van der Waals surface area (Å²) in [5, 5.41) is 0. The summed E-state index contributed by atoms with van der Waals surface area (Å²) in [4.78, 5) is 3.25. The number of hydrogen-bond acceptors (Lipinski definition) is 1. The number of nitrogens with one attached hydrogen (secondary N) is 1. The van der Waals surface area contributed by atoms with Crippen molar-refractivity contribution >= 4 is 39.2 Å². The molecule has 96 valence electrons. The number of aryl methyl sites for hydroxylation is 1. The van der Waals surface area contributed by atoms with Crippen LogP contribution in [0.1, 0.15) is 12.5 Å². The maximum atomic E-state index is 5.45. The quantitative estimate of drug-likeness (QED) is 0.654. The SMILES string of the molecule is CCc1cccc(-n2c(=S)[nH]c3cc(Br)ccc32)c1. The molecule has 0 unspecified atom stereocenters. The minimum Gasteiger partial charge on any atom is -0.330 e. The van der Waals surface area contributed by atoms with Gasteiger partial charge in [-0.3, -0.25) is 4.57 Å². The fraction of sp³-hybridized carbons (Fsp3) is 0.133. The van der Waals surface area contributed by atoms with Gasteiger partial charge in [-0.25, -0.2) is 0 Å². The third kappa shape index (κ3) is 2.26. The van der Waals surface area contributed by atoms with Crippen LogP contribution in [0.5, 0.6) is 0 Å². The summed E-state index contributed by atoms with van der Waals surface area (Å²) in [5.41, 5.74) is 4.56. The fourth-order valence-electron chi connectivity index (χ4n) is 2.26. The Kier molecular flexibility index (Phi) is 3.29. The van der Waals surface area contributed by atoms with Gasteiger partial charge in [0.2, 0.25) is 0 Å². The van der Waals surface area contributed by atoms with E-state index in [-0.39, 0.29) is 0 Å². The number of aromatic nitrogens is 2. The first-order chi connectivity index (χ1) is 9.19. The molecule has 0 spiro atoms. The Balaban J connectivity index is 2.29. The zero-order valence-electron chi connectivity index (χ0n) is 10.5. The Hall–Kier alpha value is -1.39. The topological polar surface area (TPSA) is 20.7 Å². The largest absolute Gasteiger partial charge is 0.330 e. The van der Waals surface area contributed by atoms with Crippen molar-refractivity contribution in [3.63, 3.8) is 0 Å². The standard InChI is InChI=1S/C15H13BrN2S/c1-2-10-4-3-5-12(8-10)18-14-7-6-11(16)9-13(14)17-15(18)19/h3-9H,2H2,1H3,(H,17,19). The molecule has 0 saturated carbocycles. The van der Waals surface area contributed by atoms with Crippen molar-refractivity contribution in [3.05, 3.63) is 57.3 Å². The lowest BCUT2D eigenvalue weighted by Gasteiger charge is -2.06. The van der Waals surface area contributed by atoms with Gasteiger partial charge in [0, 0.05) is 10.2 Å². The van der Waals surface area contributed by atoms with Gasteiger partial charge >= 0.3 is 0 Å². The van der Waals surface area contributed by atoms with Gasteiger partial charge in [0.25, 0.3) is 0 Å².